The second-order valence-corrected chi connectivity index (χ2v) is 6.83. The van der Waals surface area contributed by atoms with Gasteiger partial charge in [-0.1, -0.05) is 6.92 Å². The first-order valence-electron chi connectivity index (χ1n) is 9.36. The van der Waals surface area contributed by atoms with Gasteiger partial charge in [-0.25, -0.2) is 4.79 Å². The maximum Gasteiger partial charge on any atom is 0.317 e. The Kier molecular flexibility index (Phi) is 6.02. The number of piperazine rings is 1. The molecule has 2 saturated heterocycles. The van der Waals surface area contributed by atoms with Crippen LogP contribution in [0.15, 0.2) is 24.3 Å². The van der Waals surface area contributed by atoms with Crippen LogP contribution in [0.5, 0.6) is 5.75 Å². The highest BCUT2D eigenvalue weighted by atomic mass is 16.5. The van der Waals surface area contributed by atoms with E-state index in [1.165, 1.54) is 5.69 Å². The van der Waals surface area contributed by atoms with Gasteiger partial charge in [-0.2, -0.15) is 0 Å². The van der Waals surface area contributed by atoms with Crippen LogP contribution >= 0.6 is 0 Å². The van der Waals surface area contributed by atoms with E-state index in [4.69, 9.17) is 4.74 Å². The number of benzene rings is 1. The van der Waals surface area contributed by atoms with Crippen molar-refractivity contribution in [2.45, 2.75) is 25.8 Å². The summed E-state index contributed by atoms with van der Waals surface area (Å²) in [6.07, 6.45) is 1.99. The van der Waals surface area contributed by atoms with Gasteiger partial charge < -0.3 is 24.8 Å². The number of nitrogens with one attached hydrogen (secondary N) is 1. The van der Waals surface area contributed by atoms with Gasteiger partial charge in [0, 0.05) is 51.0 Å². The monoisotopic (exact) mass is 346 g/mol. The molecule has 2 fully saturated rings. The predicted octanol–water partition coefficient (Wildman–Crippen LogP) is 2.01. The largest absolute Gasteiger partial charge is 0.497 e. The molecule has 0 atom stereocenters. The fourth-order valence-corrected chi connectivity index (χ4v) is 3.61. The Morgan fingerprint density at radius 3 is 2.28 bits per heavy atom. The number of amides is 2. The Balaban J connectivity index is 1.43. The lowest BCUT2D eigenvalue weighted by Crippen LogP contribution is -2.54. The van der Waals surface area contributed by atoms with Crippen LogP contribution in [0.2, 0.25) is 0 Å². The van der Waals surface area contributed by atoms with Crippen LogP contribution in [0.3, 0.4) is 0 Å². The van der Waals surface area contributed by atoms with E-state index < -0.39 is 0 Å². The molecule has 1 aromatic carbocycles. The molecule has 0 radical (unpaired) electrons. The van der Waals surface area contributed by atoms with E-state index >= 15 is 0 Å². The summed E-state index contributed by atoms with van der Waals surface area (Å²) in [6, 6.07) is 8.60. The van der Waals surface area contributed by atoms with Gasteiger partial charge >= 0.3 is 6.03 Å². The van der Waals surface area contributed by atoms with Crippen LogP contribution < -0.4 is 15.0 Å². The van der Waals surface area contributed by atoms with E-state index in [9.17, 15) is 4.79 Å². The minimum absolute atomic E-state index is 0.110. The predicted molar refractivity (Wildman–Crippen MR) is 100 cm³/mol. The molecule has 138 valence electrons. The van der Waals surface area contributed by atoms with E-state index in [0.29, 0.717) is 0 Å². The lowest BCUT2D eigenvalue weighted by atomic mass is 10.0. The topological polar surface area (TPSA) is 48.0 Å². The fourth-order valence-electron chi connectivity index (χ4n) is 3.61. The number of ether oxygens (including phenoxy) is 1. The number of hydrogen-bond donors (Lipinski definition) is 1. The standard InChI is InChI=1S/C19H30N4O2/c1-3-21-12-14-23(15-13-21)19(24)20-16-8-10-22(11-9-16)17-4-6-18(25-2)7-5-17/h4-7,16H,3,8-15H2,1-2H3,(H,20,24). The minimum atomic E-state index is 0.110. The van der Waals surface area contributed by atoms with Gasteiger partial charge in [0.05, 0.1) is 7.11 Å². The Bertz CT molecular complexity index is 547. The average molecular weight is 346 g/mol. The SMILES string of the molecule is CCN1CCN(C(=O)NC2CCN(c3ccc(OC)cc3)CC2)CC1. The van der Waals surface area contributed by atoms with Gasteiger partial charge in [0.15, 0.2) is 0 Å². The van der Waals surface area contributed by atoms with Crippen LogP contribution in [-0.4, -0.2) is 74.8 Å². The number of carbonyl (C=O) groups excluding carboxylic acids is 1. The summed E-state index contributed by atoms with van der Waals surface area (Å²) in [4.78, 5) is 19.2. The Hall–Kier alpha value is -1.95. The summed E-state index contributed by atoms with van der Waals surface area (Å²) >= 11 is 0. The van der Waals surface area contributed by atoms with Gasteiger partial charge in [-0.15, -0.1) is 0 Å². The third-order valence-corrected chi connectivity index (χ3v) is 5.37. The number of hydrogen-bond acceptors (Lipinski definition) is 4. The summed E-state index contributed by atoms with van der Waals surface area (Å²) < 4.78 is 5.22. The molecule has 6 nitrogen and oxygen atoms in total. The van der Waals surface area contributed by atoms with Crippen LogP contribution in [-0.2, 0) is 0 Å². The van der Waals surface area contributed by atoms with Crippen molar-refractivity contribution in [1.29, 1.82) is 0 Å². The van der Waals surface area contributed by atoms with Crippen molar-refractivity contribution >= 4 is 11.7 Å². The molecule has 3 rings (SSSR count). The molecule has 2 heterocycles. The molecule has 0 bridgehead atoms. The molecule has 2 aliphatic heterocycles. The van der Waals surface area contributed by atoms with E-state index in [-0.39, 0.29) is 12.1 Å². The quantitative estimate of drug-likeness (QED) is 0.906. The van der Waals surface area contributed by atoms with E-state index in [1.807, 2.05) is 17.0 Å². The second-order valence-electron chi connectivity index (χ2n) is 6.83. The van der Waals surface area contributed by atoms with Crippen molar-refractivity contribution < 1.29 is 9.53 Å². The van der Waals surface area contributed by atoms with Gasteiger partial charge in [0.2, 0.25) is 0 Å². The number of methoxy groups -OCH3 is 1. The van der Waals surface area contributed by atoms with Crippen molar-refractivity contribution in [3.8, 4) is 5.75 Å². The molecular formula is C19H30N4O2. The highest BCUT2D eigenvalue weighted by Gasteiger charge is 2.25. The maximum absolute atomic E-state index is 12.5. The molecular weight excluding hydrogens is 316 g/mol. The van der Waals surface area contributed by atoms with Crippen LogP contribution in [0, 0.1) is 0 Å². The van der Waals surface area contributed by atoms with Gasteiger partial charge in [0.1, 0.15) is 5.75 Å². The first kappa shape index (κ1) is 17.9. The lowest BCUT2D eigenvalue weighted by Gasteiger charge is -2.37. The molecule has 1 N–H and O–H groups in total. The zero-order chi connectivity index (χ0) is 17.6. The Morgan fingerprint density at radius 2 is 1.72 bits per heavy atom. The molecule has 0 aliphatic carbocycles. The van der Waals surface area contributed by atoms with E-state index in [1.54, 1.807) is 7.11 Å². The number of piperidine rings is 1. The molecule has 0 spiro atoms. The average Bonchev–Trinajstić information content (AvgIpc) is 2.68. The summed E-state index contributed by atoms with van der Waals surface area (Å²) in [6.45, 7) is 8.84. The van der Waals surface area contributed by atoms with E-state index in [0.717, 1.165) is 64.4 Å². The van der Waals surface area contributed by atoms with Gasteiger partial charge in [0.25, 0.3) is 0 Å². The molecule has 0 aromatic heterocycles. The highest BCUT2D eigenvalue weighted by molar-refractivity contribution is 5.74. The number of nitrogens with zero attached hydrogens (tertiary/aromatic N) is 3. The second kappa shape index (κ2) is 8.43. The molecule has 0 unspecified atom stereocenters. The summed E-state index contributed by atoms with van der Waals surface area (Å²) in [5, 5.41) is 3.23. The smallest absolute Gasteiger partial charge is 0.317 e. The fraction of sp³-hybridized carbons (Fsp3) is 0.632. The summed E-state index contributed by atoms with van der Waals surface area (Å²) in [5.74, 6) is 0.883. The minimum Gasteiger partial charge on any atom is -0.497 e. The molecule has 2 amide bonds. The molecule has 25 heavy (non-hydrogen) atoms. The van der Waals surface area contributed by atoms with Crippen molar-refractivity contribution in [1.82, 2.24) is 15.1 Å². The zero-order valence-corrected chi connectivity index (χ0v) is 15.4. The molecule has 0 saturated carbocycles. The Labute approximate surface area is 150 Å². The number of anilines is 1. The van der Waals surface area contributed by atoms with Crippen molar-refractivity contribution in [2.24, 2.45) is 0 Å². The highest BCUT2D eigenvalue weighted by Crippen LogP contribution is 2.23. The molecule has 6 heteroatoms. The Morgan fingerprint density at radius 1 is 1.08 bits per heavy atom. The number of carbonyl (C=O) groups is 1. The van der Waals surface area contributed by atoms with Crippen LogP contribution in [0.1, 0.15) is 19.8 Å². The van der Waals surface area contributed by atoms with Crippen molar-refractivity contribution in [2.75, 3.05) is 57.8 Å². The lowest BCUT2D eigenvalue weighted by molar-refractivity contribution is 0.139. The van der Waals surface area contributed by atoms with Gasteiger partial charge in [-0.05, 0) is 43.7 Å². The normalized spacial score (nSPS) is 19.8. The molecule has 2 aliphatic rings. The molecule has 1 aromatic rings. The number of urea groups is 1. The first-order chi connectivity index (χ1) is 12.2. The van der Waals surface area contributed by atoms with Gasteiger partial charge in [-0.3, -0.25) is 0 Å². The summed E-state index contributed by atoms with van der Waals surface area (Å²) in [5.41, 5.74) is 1.22. The van der Waals surface area contributed by atoms with E-state index in [2.05, 4.69) is 34.2 Å². The number of likely N-dealkylation sites (N-methyl/N-ethyl adjacent to an activating group) is 1. The third-order valence-electron chi connectivity index (χ3n) is 5.37. The van der Waals surface area contributed by atoms with Crippen LogP contribution in [0.25, 0.3) is 0 Å². The van der Waals surface area contributed by atoms with Crippen molar-refractivity contribution in [3.05, 3.63) is 24.3 Å². The number of rotatable bonds is 4. The zero-order valence-electron chi connectivity index (χ0n) is 15.4. The maximum atomic E-state index is 12.5. The van der Waals surface area contributed by atoms with Crippen LogP contribution in [0.4, 0.5) is 10.5 Å². The summed E-state index contributed by atoms with van der Waals surface area (Å²) in [7, 11) is 1.69. The third kappa shape index (κ3) is 4.57. The first-order valence-corrected chi connectivity index (χ1v) is 9.36. The van der Waals surface area contributed by atoms with Crippen molar-refractivity contribution in [3.63, 3.8) is 0 Å².